The molecule has 1 nitrogen and oxygen atoms in total. The minimum Gasteiger partial charge on any atom is -0.302 e. The van der Waals surface area contributed by atoms with E-state index in [9.17, 15) is 4.79 Å². The molecular weight excluding hydrogens is 232 g/mol. The fourth-order valence-electron chi connectivity index (χ4n) is 2.34. The summed E-state index contributed by atoms with van der Waals surface area (Å²) in [5.74, 6) is 0. The van der Waals surface area contributed by atoms with Crippen LogP contribution in [0.5, 0.6) is 0 Å². The lowest BCUT2D eigenvalue weighted by atomic mass is 9.78. The first-order valence-corrected chi connectivity index (χ1v) is 6.62. The molecule has 0 aromatic heterocycles. The third-order valence-electron chi connectivity index (χ3n) is 3.63. The summed E-state index contributed by atoms with van der Waals surface area (Å²) in [4.78, 5) is 11.6. The van der Waals surface area contributed by atoms with Crippen LogP contribution in [0.15, 0.2) is 48.5 Å². The van der Waals surface area contributed by atoms with Crippen LogP contribution in [0.25, 0.3) is 0 Å². The zero-order valence-electron chi connectivity index (χ0n) is 11.8. The van der Waals surface area contributed by atoms with Crippen LogP contribution in [0.2, 0.25) is 0 Å². The molecule has 0 bridgehead atoms. The van der Waals surface area contributed by atoms with Gasteiger partial charge in [-0.15, -0.1) is 0 Å². The molecule has 98 valence electrons. The van der Waals surface area contributed by atoms with E-state index in [1.165, 1.54) is 16.7 Å². The first kappa shape index (κ1) is 13.5. The van der Waals surface area contributed by atoms with E-state index >= 15 is 0 Å². The SMILES string of the molecule is Cc1ccc(CC(C)(C=O)c2cccc(C)c2)cc1. The van der Waals surface area contributed by atoms with Gasteiger partial charge in [-0.3, -0.25) is 0 Å². The fraction of sp³-hybridized carbons (Fsp3) is 0.278. The molecule has 19 heavy (non-hydrogen) atoms. The molecule has 0 saturated heterocycles. The molecule has 0 saturated carbocycles. The molecule has 1 unspecified atom stereocenters. The van der Waals surface area contributed by atoms with Gasteiger partial charge in [0.25, 0.3) is 0 Å². The molecule has 0 aliphatic carbocycles. The Balaban J connectivity index is 2.32. The number of carbonyl (C=O) groups excluding carboxylic acids is 1. The number of hydrogen-bond acceptors (Lipinski definition) is 1. The molecule has 0 amide bonds. The van der Waals surface area contributed by atoms with E-state index in [2.05, 4.69) is 50.2 Å². The smallest absolute Gasteiger partial charge is 0.130 e. The highest BCUT2D eigenvalue weighted by Crippen LogP contribution is 2.27. The lowest BCUT2D eigenvalue weighted by molar-refractivity contribution is -0.112. The second-order valence-electron chi connectivity index (χ2n) is 5.57. The molecule has 1 heteroatoms. The summed E-state index contributed by atoms with van der Waals surface area (Å²) in [7, 11) is 0. The second kappa shape index (κ2) is 5.40. The summed E-state index contributed by atoms with van der Waals surface area (Å²) in [6.07, 6.45) is 1.81. The van der Waals surface area contributed by atoms with Crippen molar-refractivity contribution in [3.8, 4) is 0 Å². The zero-order chi connectivity index (χ0) is 13.9. The van der Waals surface area contributed by atoms with Gasteiger partial charge in [0.05, 0.1) is 5.41 Å². The van der Waals surface area contributed by atoms with Crippen LogP contribution in [-0.4, -0.2) is 6.29 Å². The van der Waals surface area contributed by atoms with Crippen molar-refractivity contribution < 1.29 is 4.79 Å². The van der Waals surface area contributed by atoms with Gasteiger partial charge in [-0.25, -0.2) is 0 Å². The minimum absolute atomic E-state index is 0.457. The number of benzene rings is 2. The number of carbonyl (C=O) groups is 1. The van der Waals surface area contributed by atoms with Gasteiger partial charge in [0.1, 0.15) is 6.29 Å². The van der Waals surface area contributed by atoms with Crippen molar-refractivity contribution in [3.63, 3.8) is 0 Å². The van der Waals surface area contributed by atoms with E-state index in [-0.39, 0.29) is 0 Å². The lowest BCUT2D eigenvalue weighted by Gasteiger charge is -2.24. The van der Waals surface area contributed by atoms with Gasteiger partial charge in [0.2, 0.25) is 0 Å². The molecule has 0 aliphatic rings. The molecule has 1 atom stereocenters. The van der Waals surface area contributed by atoms with Gasteiger partial charge >= 0.3 is 0 Å². The average Bonchev–Trinajstić information content (AvgIpc) is 2.41. The standard InChI is InChI=1S/C18H20O/c1-14-7-9-16(10-8-14)12-18(3,13-19)17-6-4-5-15(2)11-17/h4-11,13H,12H2,1-3H3. The van der Waals surface area contributed by atoms with Crippen molar-refractivity contribution in [2.75, 3.05) is 0 Å². The highest BCUT2D eigenvalue weighted by atomic mass is 16.1. The van der Waals surface area contributed by atoms with Gasteiger partial charge < -0.3 is 4.79 Å². The Kier molecular flexibility index (Phi) is 3.84. The van der Waals surface area contributed by atoms with Crippen molar-refractivity contribution in [1.29, 1.82) is 0 Å². The predicted octanol–water partition coefficient (Wildman–Crippen LogP) is 4.00. The Labute approximate surface area is 115 Å². The molecule has 0 spiro atoms. The largest absolute Gasteiger partial charge is 0.302 e. The quantitative estimate of drug-likeness (QED) is 0.752. The van der Waals surface area contributed by atoms with E-state index < -0.39 is 5.41 Å². The average molecular weight is 252 g/mol. The van der Waals surface area contributed by atoms with Crippen LogP contribution in [0.3, 0.4) is 0 Å². The van der Waals surface area contributed by atoms with E-state index in [1.54, 1.807) is 0 Å². The molecular formula is C18H20O. The van der Waals surface area contributed by atoms with Crippen LogP contribution in [0.4, 0.5) is 0 Å². The molecule has 2 aromatic carbocycles. The van der Waals surface area contributed by atoms with Crippen molar-refractivity contribution in [2.24, 2.45) is 0 Å². The molecule has 0 fully saturated rings. The van der Waals surface area contributed by atoms with Gasteiger partial charge in [-0.2, -0.15) is 0 Å². The van der Waals surface area contributed by atoms with Gasteiger partial charge in [0, 0.05) is 0 Å². The van der Waals surface area contributed by atoms with E-state index in [4.69, 9.17) is 0 Å². The Morgan fingerprint density at radius 1 is 1.00 bits per heavy atom. The molecule has 2 rings (SSSR count). The molecule has 0 radical (unpaired) electrons. The van der Waals surface area contributed by atoms with Crippen LogP contribution >= 0.6 is 0 Å². The van der Waals surface area contributed by atoms with Gasteiger partial charge in [-0.05, 0) is 38.3 Å². The fourth-order valence-corrected chi connectivity index (χ4v) is 2.34. The molecule has 0 aliphatic heterocycles. The van der Waals surface area contributed by atoms with Crippen molar-refractivity contribution in [3.05, 3.63) is 70.8 Å². The summed E-state index contributed by atoms with van der Waals surface area (Å²) in [5.41, 5.74) is 4.26. The minimum atomic E-state index is -0.457. The van der Waals surface area contributed by atoms with Gasteiger partial charge in [-0.1, -0.05) is 59.7 Å². The Morgan fingerprint density at radius 2 is 1.68 bits per heavy atom. The zero-order valence-corrected chi connectivity index (χ0v) is 11.8. The van der Waals surface area contributed by atoms with Crippen LogP contribution in [0, 0.1) is 13.8 Å². The van der Waals surface area contributed by atoms with Crippen molar-refractivity contribution in [2.45, 2.75) is 32.6 Å². The van der Waals surface area contributed by atoms with Crippen molar-refractivity contribution >= 4 is 6.29 Å². The highest BCUT2D eigenvalue weighted by molar-refractivity contribution is 5.69. The summed E-state index contributed by atoms with van der Waals surface area (Å²) in [6.45, 7) is 6.14. The molecule has 2 aromatic rings. The summed E-state index contributed by atoms with van der Waals surface area (Å²) < 4.78 is 0. The number of aryl methyl sites for hydroxylation is 2. The van der Waals surface area contributed by atoms with E-state index in [0.29, 0.717) is 0 Å². The maximum absolute atomic E-state index is 11.6. The first-order chi connectivity index (χ1) is 9.03. The van der Waals surface area contributed by atoms with E-state index in [0.717, 1.165) is 18.3 Å². The van der Waals surface area contributed by atoms with Crippen molar-refractivity contribution in [1.82, 2.24) is 0 Å². The molecule has 0 N–H and O–H groups in total. The van der Waals surface area contributed by atoms with Gasteiger partial charge in [0.15, 0.2) is 0 Å². The predicted molar refractivity (Wildman–Crippen MR) is 79.5 cm³/mol. The first-order valence-electron chi connectivity index (χ1n) is 6.62. The Morgan fingerprint density at radius 3 is 2.26 bits per heavy atom. The monoisotopic (exact) mass is 252 g/mol. The molecule has 0 heterocycles. The van der Waals surface area contributed by atoms with E-state index in [1.807, 2.05) is 19.1 Å². The second-order valence-corrected chi connectivity index (χ2v) is 5.57. The Hall–Kier alpha value is -1.89. The number of hydrogen-bond donors (Lipinski definition) is 0. The third kappa shape index (κ3) is 3.11. The number of aldehydes is 1. The van der Waals surface area contributed by atoms with Crippen LogP contribution in [-0.2, 0) is 16.6 Å². The maximum Gasteiger partial charge on any atom is 0.130 e. The summed E-state index contributed by atoms with van der Waals surface area (Å²) in [5, 5.41) is 0. The summed E-state index contributed by atoms with van der Waals surface area (Å²) >= 11 is 0. The normalized spacial score (nSPS) is 13.8. The summed E-state index contributed by atoms with van der Waals surface area (Å²) in [6, 6.07) is 16.6. The number of rotatable bonds is 4. The lowest BCUT2D eigenvalue weighted by Crippen LogP contribution is -2.26. The maximum atomic E-state index is 11.6. The third-order valence-corrected chi connectivity index (χ3v) is 3.63. The highest BCUT2D eigenvalue weighted by Gasteiger charge is 2.26. The Bertz CT molecular complexity index is 568. The van der Waals surface area contributed by atoms with Crippen LogP contribution < -0.4 is 0 Å². The topological polar surface area (TPSA) is 17.1 Å². The van der Waals surface area contributed by atoms with Crippen LogP contribution in [0.1, 0.15) is 29.2 Å².